The Hall–Kier alpha value is -2.74. The van der Waals surface area contributed by atoms with E-state index < -0.39 is 0 Å². The number of imidazole rings is 1. The molecule has 0 fully saturated rings. The highest BCUT2D eigenvalue weighted by Gasteiger charge is 2.27. The normalized spacial score (nSPS) is 13.1. The first-order valence-electron chi connectivity index (χ1n) is 9.50. The van der Waals surface area contributed by atoms with Gasteiger partial charge in [0.1, 0.15) is 11.5 Å². The topological polar surface area (TPSA) is 85.2 Å². The van der Waals surface area contributed by atoms with E-state index in [2.05, 4.69) is 15.6 Å². The highest BCUT2D eigenvalue weighted by Crippen LogP contribution is 2.21. The second-order valence-electron chi connectivity index (χ2n) is 6.69. The zero-order valence-electron chi connectivity index (χ0n) is 16.0. The van der Waals surface area contributed by atoms with Gasteiger partial charge in [-0.3, -0.25) is 9.59 Å². The summed E-state index contributed by atoms with van der Waals surface area (Å²) in [6.45, 7) is 1.74. The van der Waals surface area contributed by atoms with Crippen molar-refractivity contribution >= 4 is 11.8 Å². The van der Waals surface area contributed by atoms with Gasteiger partial charge in [-0.05, 0) is 37.3 Å². The predicted octanol–water partition coefficient (Wildman–Crippen LogP) is 1.71. The number of amides is 2. The van der Waals surface area contributed by atoms with E-state index in [0.717, 1.165) is 18.5 Å². The smallest absolute Gasteiger partial charge is 0.287 e. The number of nitrogens with zero attached hydrogens (tertiary/aromatic N) is 2. The summed E-state index contributed by atoms with van der Waals surface area (Å²) in [4.78, 5) is 29.4. The third kappa shape index (κ3) is 4.56. The van der Waals surface area contributed by atoms with Crippen LogP contribution in [0.5, 0.6) is 0 Å². The molecule has 7 nitrogen and oxygen atoms in total. The molecule has 2 aromatic rings. The lowest BCUT2D eigenvalue weighted by Crippen LogP contribution is -2.30. The molecule has 0 aliphatic carbocycles. The van der Waals surface area contributed by atoms with Crippen LogP contribution in [0.15, 0.2) is 24.3 Å². The van der Waals surface area contributed by atoms with Crippen molar-refractivity contribution in [3.05, 3.63) is 52.9 Å². The van der Waals surface area contributed by atoms with Gasteiger partial charge in [0.15, 0.2) is 5.82 Å². The van der Waals surface area contributed by atoms with Crippen LogP contribution >= 0.6 is 0 Å². The number of carbonyl (C=O) groups excluding carboxylic acids is 2. The molecule has 3 rings (SSSR count). The van der Waals surface area contributed by atoms with Crippen LogP contribution in [-0.4, -0.2) is 48.2 Å². The monoisotopic (exact) mass is 388 g/mol. The van der Waals surface area contributed by atoms with Gasteiger partial charge in [-0.2, -0.15) is 0 Å². The molecular formula is C20H25FN4O3. The zero-order chi connectivity index (χ0) is 19.9. The van der Waals surface area contributed by atoms with Gasteiger partial charge in [0.25, 0.3) is 11.8 Å². The largest absolute Gasteiger partial charge is 0.383 e. The molecule has 28 heavy (non-hydrogen) atoms. The molecule has 1 aliphatic heterocycles. The molecule has 0 radical (unpaired) electrons. The number of aromatic nitrogens is 2. The molecule has 150 valence electrons. The van der Waals surface area contributed by atoms with Crippen LogP contribution in [0.3, 0.4) is 0 Å². The molecule has 1 aromatic heterocycles. The van der Waals surface area contributed by atoms with E-state index in [0.29, 0.717) is 44.6 Å². The molecular weight excluding hydrogens is 363 g/mol. The summed E-state index contributed by atoms with van der Waals surface area (Å²) in [6, 6.07) is 6.49. The van der Waals surface area contributed by atoms with Gasteiger partial charge in [0.05, 0.1) is 12.3 Å². The van der Waals surface area contributed by atoms with Crippen molar-refractivity contribution in [1.82, 2.24) is 20.2 Å². The minimum absolute atomic E-state index is 0.255. The predicted molar refractivity (Wildman–Crippen MR) is 102 cm³/mol. The second kappa shape index (κ2) is 9.45. The molecule has 1 aliphatic rings. The zero-order valence-corrected chi connectivity index (χ0v) is 16.0. The van der Waals surface area contributed by atoms with Crippen molar-refractivity contribution in [2.24, 2.45) is 0 Å². The van der Waals surface area contributed by atoms with Crippen molar-refractivity contribution in [2.45, 2.75) is 32.2 Å². The third-order valence-corrected chi connectivity index (χ3v) is 4.77. The Labute approximate surface area is 163 Å². The molecule has 0 spiro atoms. The number of hydrogen-bond donors (Lipinski definition) is 2. The van der Waals surface area contributed by atoms with Crippen LogP contribution in [0.1, 0.15) is 45.2 Å². The number of halogens is 1. The van der Waals surface area contributed by atoms with Gasteiger partial charge in [-0.15, -0.1) is 0 Å². The van der Waals surface area contributed by atoms with Crippen LogP contribution in [-0.2, 0) is 24.1 Å². The van der Waals surface area contributed by atoms with Crippen molar-refractivity contribution in [3.63, 3.8) is 0 Å². The van der Waals surface area contributed by atoms with Crippen LogP contribution in [0.2, 0.25) is 0 Å². The average molecular weight is 388 g/mol. The van der Waals surface area contributed by atoms with Crippen molar-refractivity contribution in [1.29, 1.82) is 0 Å². The molecule has 0 atom stereocenters. The highest BCUT2D eigenvalue weighted by atomic mass is 19.1. The Morgan fingerprint density at radius 3 is 2.75 bits per heavy atom. The number of hydrogen-bond acceptors (Lipinski definition) is 4. The Morgan fingerprint density at radius 2 is 1.96 bits per heavy atom. The van der Waals surface area contributed by atoms with E-state index in [-0.39, 0.29) is 29.1 Å². The Kier molecular flexibility index (Phi) is 6.76. The molecule has 0 saturated heterocycles. The maximum atomic E-state index is 13.7. The number of fused-ring (bicyclic) bond motifs is 1. The van der Waals surface area contributed by atoms with E-state index >= 15 is 0 Å². The maximum absolute atomic E-state index is 13.7. The number of ether oxygens (including phenoxy) is 1. The fourth-order valence-electron chi connectivity index (χ4n) is 3.34. The number of rotatable bonds is 8. The van der Waals surface area contributed by atoms with Gasteiger partial charge >= 0.3 is 0 Å². The highest BCUT2D eigenvalue weighted by molar-refractivity contribution is 5.97. The summed E-state index contributed by atoms with van der Waals surface area (Å²) in [5, 5.41) is 5.55. The van der Waals surface area contributed by atoms with E-state index in [1.54, 1.807) is 25.3 Å². The molecule has 0 bridgehead atoms. The van der Waals surface area contributed by atoms with E-state index in [1.165, 1.54) is 6.07 Å². The maximum Gasteiger partial charge on any atom is 0.287 e. The van der Waals surface area contributed by atoms with Gasteiger partial charge < -0.3 is 19.9 Å². The summed E-state index contributed by atoms with van der Waals surface area (Å²) in [5.74, 6) is -0.681. The van der Waals surface area contributed by atoms with Crippen molar-refractivity contribution < 1.29 is 18.7 Å². The minimum Gasteiger partial charge on any atom is -0.383 e. The molecule has 2 amide bonds. The van der Waals surface area contributed by atoms with Crippen LogP contribution in [0.25, 0.3) is 0 Å². The SMILES string of the molecule is COCCNC(=O)c1nc(C(=O)NCCc2ccccc2F)c2n1CCCC2. The third-order valence-electron chi connectivity index (χ3n) is 4.77. The standard InChI is InChI=1S/C20H25FN4O3/c1-28-13-11-23-20(27)18-24-17(16-8-4-5-12-25(16)18)19(26)22-10-9-14-6-2-3-7-15(14)21/h2-3,6-7H,4-5,8-13H2,1H3,(H,22,26)(H,23,27). The molecule has 1 aromatic carbocycles. The summed E-state index contributed by atoms with van der Waals surface area (Å²) in [5.41, 5.74) is 1.62. The summed E-state index contributed by atoms with van der Waals surface area (Å²) >= 11 is 0. The minimum atomic E-state index is -0.335. The number of benzene rings is 1. The van der Waals surface area contributed by atoms with Gasteiger partial charge in [-0.25, -0.2) is 9.37 Å². The first kappa shape index (κ1) is 20.0. The summed E-state index contributed by atoms with van der Waals surface area (Å²) in [6.07, 6.45) is 2.98. The lowest BCUT2D eigenvalue weighted by Gasteiger charge is -2.17. The fourth-order valence-corrected chi connectivity index (χ4v) is 3.34. The van der Waals surface area contributed by atoms with Gasteiger partial charge in [-0.1, -0.05) is 18.2 Å². The Balaban J connectivity index is 1.69. The first-order valence-corrected chi connectivity index (χ1v) is 9.50. The molecule has 2 heterocycles. The fraction of sp³-hybridized carbons (Fsp3) is 0.450. The summed E-state index contributed by atoms with van der Waals surface area (Å²) < 4.78 is 20.5. The number of carbonyl (C=O) groups is 2. The van der Waals surface area contributed by atoms with Crippen molar-refractivity contribution in [2.75, 3.05) is 26.8 Å². The average Bonchev–Trinajstić information content (AvgIpc) is 3.09. The van der Waals surface area contributed by atoms with E-state index in [4.69, 9.17) is 4.74 Å². The second-order valence-corrected chi connectivity index (χ2v) is 6.69. The Morgan fingerprint density at radius 1 is 1.18 bits per heavy atom. The lowest BCUT2D eigenvalue weighted by atomic mass is 10.1. The van der Waals surface area contributed by atoms with Crippen LogP contribution in [0, 0.1) is 5.82 Å². The van der Waals surface area contributed by atoms with Gasteiger partial charge in [0, 0.05) is 26.7 Å². The lowest BCUT2D eigenvalue weighted by molar-refractivity contribution is 0.0921. The number of nitrogens with one attached hydrogen (secondary N) is 2. The molecule has 8 heteroatoms. The molecule has 0 unspecified atom stereocenters. The molecule has 0 saturated carbocycles. The van der Waals surface area contributed by atoms with E-state index in [9.17, 15) is 14.0 Å². The van der Waals surface area contributed by atoms with E-state index in [1.807, 2.05) is 4.57 Å². The van der Waals surface area contributed by atoms with Crippen LogP contribution in [0.4, 0.5) is 4.39 Å². The molecule has 2 N–H and O–H groups in total. The summed E-state index contributed by atoms with van der Waals surface area (Å²) in [7, 11) is 1.56. The van der Waals surface area contributed by atoms with Crippen molar-refractivity contribution in [3.8, 4) is 0 Å². The first-order chi connectivity index (χ1) is 13.6. The Bertz CT molecular complexity index is 850. The van der Waals surface area contributed by atoms with Crippen LogP contribution < -0.4 is 10.6 Å². The quantitative estimate of drug-likeness (QED) is 0.674. The van der Waals surface area contributed by atoms with Gasteiger partial charge in [0.2, 0.25) is 0 Å². The number of methoxy groups -OCH3 is 1.